The number of hydrogen-bond donors (Lipinski definition) is 1. The van der Waals surface area contributed by atoms with Crippen molar-refractivity contribution in [2.24, 2.45) is 0 Å². The van der Waals surface area contributed by atoms with Gasteiger partial charge in [0.25, 0.3) is 5.56 Å². The van der Waals surface area contributed by atoms with E-state index in [1.807, 2.05) is 49.1 Å². The quantitative estimate of drug-likeness (QED) is 0.362. The van der Waals surface area contributed by atoms with Gasteiger partial charge in [-0.1, -0.05) is 35.9 Å². The van der Waals surface area contributed by atoms with E-state index in [1.165, 1.54) is 9.47 Å². The molecule has 2 aromatic heterocycles. The van der Waals surface area contributed by atoms with Crippen molar-refractivity contribution in [2.45, 2.75) is 51.7 Å². The minimum Gasteiger partial charge on any atom is -0.465 e. The molecule has 4 aromatic rings. The zero-order valence-electron chi connectivity index (χ0n) is 24.1. The summed E-state index contributed by atoms with van der Waals surface area (Å²) in [5, 5.41) is 11.8. The van der Waals surface area contributed by atoms with Gasteiger partial charge in [0.15, 0.2) is 11.3 Å². The number of carboxylic acid groups (broad SMARTS) is 1. The fraction of sp³-hybridized carbons (Fsp3) is 0.433. The molecule has 0 radical (unpaired) electrons. The molecule has 0 aliphatic carbocycles. The largest absolute Gasteiger partial charge is 0.465 e. The predicted molar refractivity (Wildman–Crippen MR) is 162 cm³/mol. The predicted octanol–water partition coefficient (Wildman–Crippen LogP) is 4.34. The Hall–Kier alpha value is -3.96. The Balaban J connectivity index is 1.54. The van der Waals surface area contributed by atoms with Gasteiger partial charge in [-0.15, -0.1) is 0 Å². The summed E-state index contributed by atoms with van der Waals surface area (Å²) in [4.78, 5) is 46.1. The van der Waals surface area contributed by atoms with Crippen molar-refractivity contribution in [3.05, 3.63) is 57.6 Å². The number of fused-ring (bicyclic) bond motifs is 2. The summed E-state index contributed by atoms with van der Waals surface area (Å²) >= 11 is 6.63. The van der Waals surface area contributed by atoms with Crippen LogP contribution in [0.5, 0.6) is 6.01 Å². The molecule has 2 aliphatic heterocycles. The molecule has 0 spiro atoms. The number of piperazine rings is 1. The van der Waals surface area contributed by atoms with E-state index in [0.29, 0.717) is 47.6 Å². The number of hydrogen-bond acceptors (Lipinski definition) is 8. The summed E-state index contributed by atoms with van der Waals surface area (Å²) in [6.07, 6.45) is 1.15. The van der Waals surface area contributed by atoms with Gasteiger partial charge in [-0.25, -0.2) is 9.78 Å². The Bertz CT molecular complexity index is 1730. The number of ether oxygens (including phenoxy) is 1. The molecule has 3 atom stereocenters. The second kappa shape index (κ2) is 11.0. The maximum atomic E-state index is 14.3. The van der Waals surface area contributed by atoms with Crippen molar-refractivity contribution in [3.8, 4) is 11.7 Å². The molecule has 0 saturated carbocycles. The van der Waals surface area contributed by atoms with Crippen molar-refractivity contribution >= 4 is 45.3 Å². The van der Waals surface area contributed by atoms with Crippen LogP contribution in [0.2, 0.25) is 5.02 Å². The lowest BCUT2D eigenvalue weighted by Crippen LogP contribution is -2.58. The van der Waals surface area contributed by atoms with Crippen LogP contribution >= 0.6 is 11.6 Å². The molecule has 0 unspecified atom stereocenters. The molecule has 2 aliphatic rings. The van der Waals surface area contributed by atoms with Crippen molar-refractivity contribution in [1.82, 2.24) is 29.3 Å². The van der Waals surface area contributed by atoms with Gasteiger partial charge in [0, 0.05) is 36.6 Å². The second-order valence-electron chi connectivity index (χ2n) is 11.3. The van der Waals surface area contributed by atoms with Crippen molar-refractivity contribution in [2.75, 3.05) is 38.2 Å². The molecular formula is C30H34ClN7O4. The number of carbonyl (C=O) groups is 1. The summed E-state index contributed by atoms with van der Waals surface area (Å²) < 4.78 is 7.70. The maximum absolute atomic E-state index is 14.3. The Kier molecular flexibility index (Phi) is 7.40. The van der Waals surface area contributed by atoms with Gasteiger partial charge in [0.1, 0.15) is 17.9 Å². The van der Waals surface area contributed by atoms with Gasteiger partial charge < -0.3 is 24.5 Å². The Morgan fingerprint density at radius 2 is 1.79 bits per heavy atom. The van der Waals surface area contributed by atoms with Crippen molar-refractivity contribution in [3.63, 3.8) is 0 Å². The molecule has 1 amide bonds. The van der Waals surface area contributed by atoms with Crippen LogP contribution in [0.15, 0.2) is 41.2 Å². The van der Waals surface area contributed by atoms with E-state index in [9.17, 15) is 14.7 Å². The third-order valence-electron chi connectivity index (χ3n) is 8.43. The number of halogens is 1. The van der Waals surface area contributed by atoms with Gasteiger partial charge in [-0.3, -0.25) is 9.36 Å². The van der Waals surface area contributed by atoms with Gasteiger partial charge in [-0.05, 0) is 64.7 Å². The Morgan fingerprint density at radius 1 is 1.07 bits per heavy atom. The first-order valence-electron chi connectivity index (χ1n) is 14.2. The molecule has 2 saturated heterocycles. The third kappa shape index (κ3) is 4.90. The van der Waals surface area contributed by atoms with Crippen LogP contribution in [0.4, 0.5) is 10.6 Å². The number of aromatic nitrogens is 4. The van der Waals surface area contributed by atoms with E-state index in [0.717, 1.165) is 30.2 Å². The van der Waals surface area contributed by atoms with Crippen LogP contribution < -0.4 is 15.2 Å². The average molecular weight is 592 g/mol. The van der Waals surface area contributed by atoms with Gasteiger partial charge in [0.2, 0.25) is 0 Å². The molecule has 2 aromatic carbocycles. The first kappa shape index (κ1) is 28.2. The standard InChI is InChI=1S/C30H34ClN7O4/c1-17-14-36(30(40)41)15-18(2)37(17)27-25-26(33-29(34-27)42-16-21-10-7-13-35(21)4)28(39)38(19(3)32-25)23-12-6-9-20-8-5-11-22(31)24(20)23/h5-6,8-9,11-12,17-18,21H,7,10,13-16H2,1-4H3,(H,40,41)/t17-,18-,21-/m0/s1. The lowest BCUT2D eigenvalue weighted by atomic mass is 10.1. The van der Waals surface area contributed by atoms with Gasteiger partial charge in [0.05, 0.1) is 10.7 Å². The zero-order valence-corrected chi connectivity index (χ0v) is 24.9. The molecule has 0 bridgehead atoms. The van der Waals surface area contributed by atoms with E-state index in [4.69, 9.17) is 26.3 Å². The number of likely N-dealkylation sites (N-methyl/N-ethyl adjacent to an activating group) is 1. The highest BCUT2D eigenvalue weighted by Crippen LogP contribution is 2.32. The highest BCUT2D eigenvalue weighted by Gasteiger charge is 2.35. The summed E-state index contributed by atoms with van der Waals surface area (Å²) in [5.74, 6) is 0.915. The first-order chi connectivity index (χ1) is 20.1. The average Bonchev–Trinajstić information content (AvgIpc) is 3.36. The van der Waals surface area contributed by atoms with E-state index in [1.54, 1.807) is 13.0 Å². The van der Waals surface area contributed by atoms with Gasteiger partial charge in [-0.2, -0.15) is 9.97 Å². The molecule has 1 N–H and O–H groups in total. The van der Waals surface area contributed by atoms with Crippen LogP contribution in [0.3, 0.4) is 0 Å². The smallest absolute Gasteiger partial charge is 0.407 e. The SMILES string of the molecule is Cc1nc2c(N3[C@@H](C)CN(C(=O)O)C[C@@H]3C)nc(OC[C@@H]3CCCN3C)nc2c(=O)n1-c1cccc2cccc(Cl)c12. The number of aryl methyl sites for hydroxylation is 1. The van der Waals surface area contributed by atoms with Crippen molar-refractivity contribution < 1.29 is 14.6 Å². The monoisotopic (exact) mass is 591 g/mol. The summed E-state index contributed by atoms with van der Waals surface area (Å²) in [6, 6.07) is 11.2. The lowest BCUT2D eigenvalue weighted by Gasteiger charge is -2.44. The topological polar surface area (TPSA) is 117 Å². The van der Waals surface area contributed by atoms with Crippen molar-refractivity contribution in [1.29, 1.82) is 0 Å². The fourth-order valence-electron chi connectivity index (χ4n) is 6.39. The number of amides is 1. The van der Waals surface area contributed by atoms with E-state index in [2.05, 4.69) is 16.9 Å². The zero-order chi connectivity index (χ0) is 29.7. The van der Waals surface area contributed by atoms with E-state index >= 15 is 0 Å². The summed E-state index contributed by atoms with van der Waals surface area (Å²) in [6.45, 7) is 7.64. The molecule has 6 rings (SSSR count). The first-order valence-corrected chi connectivity index (χ1v) is 14.6. The molecule has 12 heteroatoms. The van der Waals surface area contributed by atoms with Gasteiger partial charge >= 0.3 is 12.1 Å². The number of nitrogens with zero attached hydrogens (tertiary/aromatic N) is 7. The maximum Gasteiger partial charge on any atom is 0.407 e. The highest BCUT2D eigenvalue weighted by atomic mass is 35.5. The normalized spacial score (nSPS) is 21.4. The second-order valence-corrected chi connectivity index (χ2v) is 11.7. The molecule has 4 heterocycles. The molecule has 11 nitrogen and oxygen atoms in total. The van der Waals surface area contributed by atoms with Crippen LogP contribution in [0.25, 0.3) is 27.5 Å². The minimum atomic E-state index is -0.962. The van der Waals surface area contributed by atoms with E-state index < -0.39 is 6.09 Å². The van der Waals surface area contributed by atoms with Crippen LogP contribution in [0.1, 0.15) is 32.5 Å². The Morgan fingerprint density at radius 3 is 2.45 bits per heavy atom. The molecule has 2 fully saturated rings. The lowest BCUT2D eigenvalue weighted by molar-refractivity contribution is 0.128. The summed E-state index contributed by atoms with van der Waals surface area (Å²) in [7, 11) is 2.07. The number of rotatable bonds is 5. The number of benzene rings is 2. The molecule has 42 heavy (non-hydrogen) atoms. The van der Waals surface area contributed by atoms with E-state index in [-0.39, 0.29) is 35.2 Å². The number of anilines is 1. The van der Waals surface area contributed by atoms with Crippen LogP contribution in [-0.4, -0.2) is 91.9 Å². The van der Waals surface area contributed by atoms with Crippen LogP contribution in [0, 0.1) is 6.92 Å². The number of likely N-dealkylation sites (tertiary alicyclic amines) is 1. The highest BCUT2D eigenvalue weighted by molar-refractivity contribution is 6.36. The Labute approximate surface area is 248 Å². The fourth-order valence-corrected chi connectivity index (χ4v) is 6.67. The molecular weight excluding hydrogens is 558 g/mol. The summed E-state index contributed by atoms with van der Waals surface area (Å²) in [5.41, 5.74) is 0.736. The third-order valence-corrected chi connectivity index (χ3v) is 8.75. The molecule has 220 valence electrons. The van der Waals surface area contributed by atoms with Crippen LogP contribution in [-0.2, 0) is 0 Å². The minimum absolute atomic E-state index is 0.100.